The largest absolute Gasteiger partial charge is 0.467 e. The molecular weight excluding hydrogens is 255 g/mol. The molecule has 1 saturated heterocycles. The van der Waals surface area contributed by atoms with Crippen LogP contribution in [0.1, 0.15) is 27.2 Å². The van der Waals surface area contributed by atoms with Crippen molar-refractivity contribution in [2.24, 2.45) is 5.73 Å². The summed E-state index contributed by atoms with van der Waals surface area (Å²) in [5, 5.41) is 0. The zero-order valence-electron chi connectivity index (χ0n) is 11.7. The van der Waals surface area contributed by atoms with Gasteiger partial charge in [-0.15, -0.1) is 0 Å². The number of amides is 1. The van der Waals surface area contributed by atoms with Gasteiger partial charge < -0.3 is 15.2 Å². The van der Waals surface area contributed by atoms with Crippen molar-refractivity contribution in [1.29, 1.82) is 0 Å². The van der Waals surface area contributed by atoms with Crippen molar-refractivity contribution in [3.8, 4) is 0 Å². The van der Waals surface area contributed by atoms with Gasteiger partial charge in [-0.1, -0.05) is 0 Å². The van der Waals surface area contributed by atoms with Crippen LogP contribution in [-0.2, 0) is 14.3 Å². The summed E-state index contributed by atoms with van der Waals surface area (Å²) in [5.41, 5.74) is 2.85. The van der Waals surface area contributed by atoms with Crippen molar-refractivity contribution in [3.05, 3.63) is 0 Å². The summed E-state index contributed by atoms with van der Waals surface area (Å²) in [4.78, 5) is 24.6. The van der Waals surface area contributed by atoms with Gasteiger partial charge in [0.05, 0.1) is 13.7 Å². The van der Waals surface area contributed by atoms with E-state index in [2.05, 4.69) is 4.74 Å². The molecule has 2 atom stereocenters. The molecule has 0 aromatic heterocycles. The smallest absolute Gasteiger partial charge is 0.411 e. The van der Waals surface area contributed by atoms with E-state index in [0.717, 1.165) is 4.90 Å². The lowest BCUT2D eigenvalue weighted by atomic mass is 10.0. The highest BCUT2D eigenvalue weighted by molar-refractivity contribution is 5.82. The summed E-state index contributed by atoms with van der Waals surface area (Å²) in [6.45, 7) is 4.55. The van der Waals surface area contributed by atoms with Gasteiger partial charge in [0.2, 0.25) is 0 Å². The third-order valence-corrected chi connectivity index (χ3v) is 2.86. The van der Waals surface area contributed by atoms with E-state index in [4.69, 9.17) is 10.5 Å². The molecule has 0 spiro atoms. The summed E-state index contributed by atoms with van der Waals surface area (Å²) < 4.78 is 24.0. The van der Waals surface area contributed by atoms with Crippen LogP contribution in [0.15, 0.2) is 0 Å². The van der Waals surface area contributed by atoms with Crippen LogP contribution < -0.4 is 5.73 Å². The van der Waals surface area contributed by atoms with E-state index in [1.165, 1.54) is 7.11 Å². The second-order valence-corrected chi connectivity index (χ2v) is 5.71. The van der Waals surface area contributed by atoms with E-state index in [1.54, 1.807) is 20.8 Å². The molecule has 1 unspecified atom stereocenters. The monoisotopic (exact) mass is 276 g/mol. The van der Waals surface area contributed by atoms with E-state index < -0.39 is 29.4 Å². The quantitative estimate of drug-likeness (QED) is 0.756. The molecular formula is C12H21FN2O4. The molecule has 7 heteroatoms. The number of carbonyl (C=O) groups excluding carboxylic acids is 2. The maximum absolute atomic E-state index is 14.2. The van der Waals surface area contributed by atoms with E-state index in [-0.39, 0.29) is 19.5 Å². The molecule has 0 aliphatic carbocycles. The van der Waals surface area contributed by atoms with Gasteiger partial charge in [0, 0.05) is 13.0 Å². The third kappa shape index (κ3) is 3.79. The minimum Gasteiger partial charge on any atom is -0.467 e. The second kappa shape index (κ2) is 5.32. The normalized spacial score (nSPS) is 27.3. The predicted molar refractivity (Wildman–Crippen MR) is 66.3 cm³/mol. The molecule has 0 saturated carbocycles. The zero-order valence-corrected chi connectivity index (χ0v) is 11.7. The fourth-order valence-electron chi connectivity index (χ4n) is 1.94. The number of alkyl halides is 1. The van der Waals surface area contributed by atoms with Gasteiger partial charge in [0.1, 0.15) is 17.3 Å². The number of likely N-dealkylation sites (tertiary alicyclic amines) is 1. The summed E-state index contributed by atoms with van der Waals surface area (Å²) in [7, 11) is 1.19. The molecule has 1 rings (SSSR count). The maximum atomic E-state index is 14.2. The number of methoxy groups -OCH3 is 1. The molecule has 1 amide bonds. The number of nitrogens with zero attached hydrogens (tertiary/aromatic N) is 1. The van der Waals surface area contributed by atoms with Gasteiger partial charge in [-0.25, -0.2) is 14.0 Å². The Labute approximate surface area is 112 Å². The molecule has 0 bridgehead atoms. The molecule has 0 radical (unpaired) electrons. The van der Waals surface area contributed by atoms with Crippen LogP contribution in [0.4, 0.5) is 9.18 Å². The maximum Gasteiger partial charge on any atom is 0.411 e. The number of hydrogen-bond donors (Lipinski definition) is 1. The van der Waals surface area contributed by atoms with Gasteiger partial charge in [0.15, 0.2) is 0 Å². The number of nitrogens with two attached hydrogens (primary N) is 1. The van der Waals surface area contributed by atoms with E-state index in [9.17, 15) is 14.0 Å². The van der Waals surface area contributed by atoms with E-state index >= 15 is 0 Å². The van der Waals surface area contributed by atoms with Crippen LogP contribution in [0.2, 0.25) is 0 Å². The van der Waals surface area contributed by atoms with Gasteiger partial charge in [-0.05, 0) is 20.8 Å². The van der Waals surface area contributed by atoms with Crippen molar-refractivity contribution in [3.63, 3.8) is 0 Å². The molecule has 2 N–H and O–H groups in total. The Morgan fingerprint density at radius 1 is 1.47 bits per heavy atom. The predicted octanol–water partition coefficient (Wildman–Crippen LogP) is 0.836. The summed E-state index contributed by atoms with van der Waals surface area (Å²) in [6, 6.07) is -0.992. The molecule has 1 fully saturated rings. The molecule has 6 nitrogen and oxygen atoms in total. The standard InChI is InChI=1S/C12H21FN2O4/c1-11(2,3)19-10(17)15-7-12(13,6-14)5-8(15)9(16)18-4/h8H,5-7,14H2,1-4H3/t8?,12-/m0/s1. The van der Waals surface area contributed by atoms with Crippen LogP contribution in [0.3, 0.4) is 0 Å². The van der Waals surface area contributed by atoms with Crippen LogP contribution in [0.25, 0.3) is 0 Å². The molecule has 0 aromatic carbocycles. The van der Waals surface area contributed by atoms with Crippen molar-refractivity contribution in [2.75, 3.05) is 20.2 Å². The minimum absolute atomic E-state index is 0.171. The highest BCUT2D eigenvalue weighted by Gasteiger charge is 2.50. The average Bonchev–Trinajstić information content (AvgIpc) is 2.65. The number of hydrogen-bond acceptors (Lipinski definition) is 5. The van der Waals surface area contributed by atoms with Gasteiger partial charge >= 0.3 is 12.1 Å². The van der Waals surface area contributed by atoms with Gasteiger partial charge in [0.25, 0.3) is 0 Å². The highest BCUT2D eigenvalue weighted by Crippen LogP contribution is 2.31. The Kier molecular flexibility index (Phi) is 4.39. The van der Waals surface area contributed by atoms with Crippen LogP contribution in [0.5, 0.6) is 0 Å². The number of carbonyl (C=O) groups is 2. The molecule has 19 heavy (non-hydrogen) atoms. The Hall–Kier alpha value is -1.37. The Morgan fingerprint density at radius 3 is 2.47 bits per heavy atom. The number of rotatable bonds is 2. The van der Waals surface area contributed by atoms with Crippen molar-refractivity contribution in [1.82, 2.24) is 4.90 Å². The SMILES string of the molecule is COC(=O)C1C[C@](F)(CN)CN1C(=O)OC(C)(C)C. The lowest BCUT2D eigenvalue weighted by Crippen LogP contribution is -2.44. The Bertz CT molecular complexity index is 369. The Balaban J connectivity index is 2.89. The topological polar surface area (TPSA) is 81.9 Å². The molecule has 1 aliphatic rings. The molecule has 110 valence electrons. The third-order valence-electron chi connectivity index (χ3n) is 2.86. The molecule has 1 heterocycles. The fourth-order valence-corrected chi connectivity index (χ4v) is 1.94. The number of esters is 1. The van der Waals surface area contributed by atoms with Crippen LogP contribution >= 0.6 is 0 Å². The average molecular weight is 276 g/mol. The van der Waals surface area contributed by atoms with Gasteiger partial charge in [-0.3, -0.25) is 4.90 Å². The Morgan fingerprint density at radius 2 is 2.05 bits per heavy atom. The van der Waals surface area contributed by atoms with E-state index in [0.29, 0.717) is 0 Å². The van der Waals surface area contributed by atoms with Crippen LogP contribution in [0, 0.1) is 0 Å². The first-order chi connectivity index (χ1) is 8.62. The highest BCUT2D eigenvalue weighted by atomic mass is 19.1. The van der Waals surface area contributed by atoms with Crippen molar-refractivity contribution < 1.29 is 23.5 Å². The minimum atomic E-state index is -1.78. The summed E-state index contributed by atoms with van der Waals surface area (Å²) >= 11 is 0. The van der Waals surface area contributed by atoms with Gasteiger partial charge in [-0.2, -0.15) is 0 Å². The lowest BCUT2D eigenvalue weighted by Gasteiger charge is -2.27. The summed E-state index contributed by atoms with van der Waals surface area (Å²) in [5.74, 6) is -0.668. The number of ether oxygens (including phenoxy) is 2. The molecule has 0 aromatic rings. The second-order valence-electron chi connectivity index (χ2n) is 5.71. The summed E-state index contributed by atoms with van der Waals surface area (Å²) in [6.07, 6.45) is -0.911. The first kappa shape index (κ1) is 15.7. The lowest BCUT2D eigenvalue weighted by molar-refractivity contribution is -0.145. The zero-order chi connectivity index (χ0) is 14.8. The first-order valence-electron chi connectivity index (χ1n) is 6.08. The van der Waals surface area contributed by atoms with Crippen molar-refractivity contribution in [2.45, 2.75) is 44.5 Å². The fraction of sp³-hybridized carbons (Fsp3) is 0.833. The van der Waals surface area contributed by atoms with Crippen LogP contribution in [-0.4, -0.2) is 54.5 Å². The van der Waals surface area contributed by atoms with E-state index in [1.807, 2.05) is 0 Å². The molecule has 1 aliphatic heterocycles. The first-order valence-corrected chi connectivity index (χ1v) is 6.08. The van der Waals surface area contributed by atoms with Crippen molar-refractivity contribution >= 4 is 12.1 Å². The number of halogens is 1.